The highest BCUT2D eigenvalue weighted by Gasteiger charge is 2.34. The lowest BCUT2D eigenvalue weighted by molar-refractivity contribution is 0.0855. The molecular weight excluding hydrogens is 391 g/mol. The fourth-order valence-corrected chi connectivity index (χ4v) is 9.60. The highest BCUT2D eigenvalue weighted by Crippen LogP contribution is 2.62. The average molecular weight is 439 g/mol. The van der Waals surface area contributed by atoms with Gasteiger partial charge in [0.25, 0.3) is 0 Å². The summed E-state index contributed by atoms with van der Waals surface area (Å²) in [4.78, 5) is 11.2. The summed E-state index contributed by atoms with van der Waals surface area (Å²) in [5.74, 6) is 1.96. The van der Waals surface area contributed by atoms with E-state index in [1.807, 2.05) is 0 Å². The van der Waals surface area contributed by atoms with Crippen LogP contribution in [-0.4, -0.2) is 16.2 Å². The topological polar surface area (TPSA) is 29.5 Å². The van der Waals surface area contributed by atoms with Crippen LogP contribution in [0.15, 0.2) is 0 Å². The van der Waals surface area contributed by atoms with Crippen molar-refractivity contribution in [3.8, 4) is 0 Å². The van der Waals surface area contributed by atoms with Gasteiger partial charge in [0.15, 0.2) is 0 Å². The Morgan fingerprint density at radius 1 is 0.852 bits per heavy atom. The lowest BCUT2D eigenvalue weighted by atomic mass is 9.87. The van der Waals surface area contributed by atoms with E-state index in [2.05, 4.69) is 55.4 Å². The van der Waals surface area contributed by atoms with E-state index < -0.39 is 5.69 Å². The molecule has 0 spiro atoms. The van der Waals surface area contributed by atoms with Crippen molar-refractivity contribution in [2.24, 2.45) is 23.7 Å². The molecule has 0 aliphatic rings. The molecule has 0 aromatic carbocycles. The highest BCUT2D eigenvalue weighted by molar-refractivity contribution is 8.67. The molecule has 2 nitrogen and oxygen atoms in total. The third kappa shape index (κ3) is 11.0. The van der Waals surface area contributed by atoms with Crippen LogP contribution in [-0.2, 0) is 16.3 Å². The van der Waals surface area contributed by atoms with Gasteiger partial charge in [-0.15, -0.1) is 0 Å². The first-order valence-corrected chi connectivity index (χ1v) is 15.5. The summed E-state index contributed by atoms with van der Waals surface area (Å²) < 4.78 is 6.37. The van der Waals surface area contributed by atoms with Gasteiger partial charge in [-0.25, -0.2) is 0 Å². The van der Waals surface area contributed by atoms with E-state index in [4.69, 9.17) is 16.3 Å². The minimum atomic E-state index is -2.86. The predicted molar refractivity (Wildman–Crippen MR) is 129 cm³/mol. The minimum absolute atomic E-state index is 0.0633. The van der Waals surface area contributed by atoms with Gasteiger partial charge in [0.1, 0.15) is 0 Å². The molecule has 5 heteroatoms. The van der Waals surface area contributed by atoms with Crippen LogP contribution in [0.25, 0.3) is 0 Å². The normalized spacial score (nSPS) is 19.1. The Hall–Kier alpha value is 0.920. The monoisotopic (exact) mass is 438 g/mol. The predicted octanol–water partition coefficient (Wildman–Crippen LogP) is 8.44. The maximum Gasteiger partial charge on any atom is 0.245 e. The van der Waals surface area contributed by atoms with Crippen molar-refractivity contribution in [2.75, 3.05) is 0 Å². The number of rotatable bonds is 16. The van der Waals surface area contributed by atoms with Crippen molar-refractivity contribution in [1.82, 2.24) is 0 Å². The molecule has 0 amide bonds. The van der Waals surface area contributed by atoms with Gasteiger partial charge in [-0.05, 0) is 48.3 Å². The van der Waals surface area contributed by atoms with E-state index in [1.165, 1.54) is 32.1 Å². The number of hydrogen-bond donors (Lipinski definition) is 1. The molecule has 0 saturated carbocycles. The van der Waals surface area contributed by atoms with Gasteiger partial charge < -0.3 is 9.42 Å². The molecule has 0 aliphatic carbocycles. The lowest BCUT2D eigenvalue weighted by Crippen LogP contribution is -2.29. The highest BCUT2D eigenvalue weighted by atomic mass is 32.9. The van der Waals surface area contributed by atoms with Crippen molar-refractivity contribution in [2.45, 2.75) is 118 Å². The zero-order valence-electron chi connectivity index (χ0n) is 19.2. The molecule has 0 bridgehead atoms. The Morgan fingerprint density at radius 3 is 1.70 bits per heavy atom. The molecule has 0 fully saturated rings. The summed E-state index contributed by atoms with van der Waals surface area (Å²) in [5.41, 5.74) is -2.86. The molecule has 0 aliphatic heterocycles. The molecule has 0 saturated heterocycles. The van der Waals surface area contributed by atoms with Crippen LogP contribution >= 0.6 is 17.1 Å². The summed E-state index contributed by atoms with van der Waals surface area (Å²) in [5, 5.41) is 0.376. The second kappa shape index (κ2) is 14.8. The molecule has 27 heavy (non-hydrogen) atoms. The number of hydrogen-bond acceptors (Lipinski definition) is 3. The Kier molecular flexibility index (Phi) is 15.3. The van der Waals surface area contributed by atoms with Crippen molar-refractivity contribution in [1.29, 1.82) is 0 Å². The summed E-state index contributed by atoms with van der Waals surface area (Å²) in [6.45, 7) is 17.9. The Morgan fingerprint density at radius 2 is 1.33 bits per heavy atom. The van der Waals surface area contributed by atoms with E-state index in [9.17, 15) is 4.89 Å². The van der Waals surface area contributed by atoms with E-state index in [0.29, 0.717) is 28.9 Å². The molecule has 5 atom stereocenters. The van der Waals surface area contributed by atoms with Gasteiger partial charge in [0, 0.05) is 5.25 Å². The van der Waals surface area contributed by atoms with Crippen molar-refractivity contribution >= 4 is 28.9 Å². The minimum Gasteiger partial charge on any atom is -0.337 e. The van der Waals surface area contributed by atoms with Crippen molar-refractivity contribution in [3.05, 3.63) is 0 Å². The van der Waals surface area contributed by atoms with Crippen LogP contribution in [0.4, 0.5) is 0 Å². The van der Waals surface area contributed by atoms with Gasteiger partial charge in [-0.3, -0.25) is 0 Å². The van der Waals surface area contributed by atoms with Crippen LogP contribution in [0.3, 0.4) is 0 Å². The molecule has 0 aromatic heterocycles. The van der Waals surface area contributed by atoms with Gasteiger partial charge in [-0.1, -0.05) is 105 Å². The number of unbranched alkanes of at least 4 members (excludes halogenated alkanes) is 2. The Bertz CT molecular complexity index is 381. The van der Waals surface area contributed by atoms with Gasteiger partial charge in [0.2, 0.25) is 5.69 Å². The zero-order valence-corrected chi connectivity index (χ0v) is 21.8. The summed E-state index contributed by atoms with van der Waals surface area (Å²) in [7, 11) is 0. The Balaban J connectivity index is 5.26. The van der Waals surface area contributed by atoms with E-state index in [1.54, 1.807) is 11.4 Å². The molecule has 5 unspecified atom stereocenters. The largest absolute Gasteiger partial charge is 0.337 e. The molecular formula is C22H47O2PS2. The first-order valence-electron chi connectivity index (χ1n) is 11.3. The van der Waals surface area contributed by atoms with E-state index in [-0.39, 0.29) is 6.10 Å². The van der Waals surface area contributed by atoms with Crippen LogP contribution in [0, 0.1) is 23.7 Å². The second-order valence-corrected chi connectivity index (χ2v) is 14.9. The summed E-state index contributed by atoms with van der Waals surface area (Å²) in [6, 6.07) is 0. The van der Waals surface area contributed by atoms with E-state index >= 15 is 0 Å². The van der Waals surface area contributed by atoms with Gasteiger partial charge in [-0.2, -0.15) is 0 Å². The quantitative estimate of drug-likeness (QED) is 0.245. The third-order valence-electron chi connectivity index (χ3n) is 5.66. The maximum atomic E-state index is 11.2. The second-order valence-electron chi connectivity index (χ2n) is 8.72. The molecule has 0 heterocycles. The summed E-state index contributed by atoms with van der Waals surface area (Å²) >= 11 is 7.30. The first kappa shape index (κ1) is 27.9. The molecule has 0 rings (SSSR count). The smallest absolute Gasteiger partial charge is 0.245 e. The van der Waals surface area contributed by atoms with Crippen molar-refractivity contribution < 1.29 is 9.42 Å². The Labute approximate surface area is 179 Å². The standard InChI is InChI=1S/C22H47O2PS2/c1-9-13-15-19(11-3)21(17(5)6)24-25(23,26)27-22(18(7)8)20(12-4)16-14-10-2/h17-22H,9-16H2,1-8H3,(H,23,26). The van der Waals surface area contributed by atoms with Gasteiger partial charge in [0.05, 0.1) is 6.10 Å². The van der Waals surface area contributed by atoms with E-state index in [0.717, 1.165) is 19.3 Å². The van der Waals surface area contributed by atoms with Gasteiger partial charge >= 0.3 is 0 Å². The summed E-state index contributed by atoms with van der Waals surface area (Å²) in [6.07, 6.45) is 9.58. The molecule has 0 aromatic rings. The lowest BCUT2D eigenvalue weighted by Gasteiger charge is -2.36. The van der Waals surface area contributed by atoms with Crippen LogP contribution in [0.5, 0.6) is 0 Å². The molecule has 0 radical (unpaired) electrons. The van der Waals surface area contributed by atoms with Crippen LogP contribution < -0.4 is 0 Å². The zero-order chi connectivity index (χ0) is 21.0. The molecule has 1 N–H and O–H groups in total. The fourth-order valence-electron chi connectivity index (χ4n) is 3.97. The molecule has 164 valence electrons. The third-order valence-corrected chi connectivity index (χ3v) is 10.4. The fraction of sp³-hybridized carbons (Fsp3) is 1.00. The SMILES string of the molecule is CCCCC(CC)C(OP(O)(=S)SC(C(C)C)C(CC)CCCC)C(C)C. The van der Waals surface area contributed by atoms with Crippen LogP contribution in [0.2, 0.25) is 0 Å². The van der Waals surface area contributed by atoms with Crippen LogP contribution in [0.1, 0.15) is 107 Å². The maximum absolute atomic E-state index is 11.2. The average Bonchev–Trinajstić information content (AvgIpc) is 2.60. The first-order chi connectivity index (χ1) is 12.6. The van der Waals surface area contributed by atoms with Crippen molar-refractivity contribution in [3.63, 3.8) is 0 Å².